The number of fused-ring (bicyclic) bond motifs is 1. The van der Waals surface area contributed by atoms with E-state index in [4.69, 9.17) is 9.88 Å². The molecule has 3 N–H and O–H groups in total. The minimum atomic E-state index is -3.73. The zero-order valence-electron chi connectivity index (χ0n) is 16.3. The smallest absolute Gasteiger partial charge is 0.265 e. The lowest BCUT2D eigenvalue weighted by Crippen LogP contribution is -2.11. The summed E-state index contributed by atoms with van der Waals surface area (Å²) in [5.41, 5.74) is 2.00. The summed E-state index contributed by atoms with van der Waals surface area (Å²) >= 11 is 1.60. The Morgan fingerprint density at radius 3 is 2.23 bits per heavy atom. The van der Waals surface area contributed by atoms with Gasteiger partial charge in [-0.1, -0.05) is 6.42 Å². The molecular weight excluding hydrogens is 420 g/mol. The summed E-state index contributed by atoms with van der Waals surface area (Å²) in [4.78, 5) is 14.7. The van der Waals surface area contributed by atoms with Gasteiger partial charge in [0.2, 0.25) is 10.0 Å². The summed E-state index contributed by atoms with van der Waals surface area (Å²) in [7, 11) is -3.73. The van der Waals surface area contributed by atoms with Crippen molar-refractivity contribution in [2.45, 2.75) is 37.0 Å². The summed E-state index contributed by atoms with van der Waals surface area (Å²) in [5, 5.41) is 8.02. The summed E-state index contributed by atoms with van der Waals surface area (Å²) in [5.74, 6) is 0.957. The van der Waals surface area contributed by atoms with Crippen molar-refractivity contribution in [1.29, 1.82) is 0 Å². The molecule has 0 aliphatic heterocycles. The van der Waals surface area contributed by atoms with Crippen LogP contribution in [0.15, 0.2) is 59.5 Å². The van der Waals surface area contributed by atoms with Crippen LogP contribution in [0, 0.1) is 0 Å². The Hall–Kier alpha value is -2.68. The second-order valence-electron chi connectivity index (χ2n) is 7.22. The third-order valence-corrected chi connectivity index (χ3v) is 7.14. The van der Waals surface area contributed by atoms with E-state index in [1.807, 2.05) is 6.07 Å². The molecule has 0 radical (unpaired) electrons. The second-order valence-corrected chi connectivity index (χ2v) is 9.91. The first-order chi connectivity index (χ1) is 14.4. The topological polar surface area (TPSA) is 98.5 Å². The van der Waals surface area contributed by atoms with Gasteiger partial charge in [0.25, 0.3) is 5.91 Å². The number of aryl methyl sites for hydroxylation is 2. The Kier molecular flexibility index (Phi) is 5.90. The van der Waals surface area contributed by atoms with Gasteiger partial charge in [-0.3, -0.25) is 4.79 Å². The van der Waals surface area contributed by atoms with Crippen LogP contribution in [0.5, 0.6) is 11.5 Å². The monoisotopic (exact) mass is 442 g/mol. The Morgan fingerprint density at radius 2 is 1.57 bits per heavy atom. The number of primary sulfonamides is 1. The minimum Gasteiger partial charge on any atom is -0.457 e. The molecule has 1 amide bonds. The van der Waals surface area contributed by atoms with E-state index in [0.717, 1.165) is 17.7 Å². The van der Waals surface area contributed by atoms with Gasteiger partial charge in [-0.25, -0.2) is 13.6 Å². The minimum absolute atomic E-state index is 0.0267. The molecule has 0 saturated heterocycles. The maximum atomic E-state index is 12.6. The molecule has 1 aliphatic rings. The third-order valence-electron chi connectivity index (χ3n) is 4.97. The molecule has 156 valence electrons. The lowest BCUT2D eigenvalue weighted by Gasteiger charge is -2.08. The Morgan fingerprint density at radius 1 is 0.933 bits per heavy atom. The van der Waals surface area contributed by atoms with E-state index >= 15 is 0 Å². The molecule has 4 rings (SSSR count). The number of sulfonamides is 1. The lowest BCUT2D eigenvalue weighted by atomic mass is 10.1. The SMILES string of the molecule is NS(=O)(=O)c1ccc(Oc2ccc(NC(=O)c3cc4c(s3)CCCCC4)cc2)cc1. The zero-order valence-corrected chi connectivity index (χ0v) is 17.9. The first kappa shape index (κ1) is 20.6. The quantitative estimate of drug-likeness (QED) is 0.559. The van der Waals surface area contributed by atoms with Crippen LogP contribution in [0.3, 0.4) is 0 Å². The number of carbonyl (C=O) groups excluding carboxylic acids is 1. The van der Waals surface area contributed by atoms with Crippen LogP contribution in [0.2, 0.25) is 0 Å². The Labute approximate surface area is 179 Å². The van der Waals surface area contributed by atoms with Gasteiger partial charge in [0.1, 0.15) is 11.5 Å². The van der Waals surface area contributed by atoms with Crippen LogP contribution < -0.4 is 15.2 Å². The molecule has 0 spiro atoms. The van der Waals surface area contributed by atoms with Crippen LogP contribution in [0.4, 0.5) is 5.69 Å². The fourth-order valence-electron chi connectivity index (χ4n) is 3.41. The molecule has 0 saturated carbocycles. The average molecular weight is 443 g/mol. The molecule has 0 fully saturated rings. The maximum absolute atomic E-state index is 12.6. The summed E-state index contributed by atoms with van der Waals surface area (Å²) in [6.07, 6.45) is 5.77. The van der Waals surface area contributed by atoms with Crippen LogP contribution in [0.25, 0.3) is 0 Å². The second kappa shape index (κ2) is 8.59. The van der Waals surface area contributed by atoms with Gasteiger partial charge in [-0.2, -0.15) is 0 Å². The van der Waals surface area contributed by atoms with Crippen LogP contribution in [-0.2, 0) is 22.9 Å². The largest absolute Gasteiger partial charge is 0.457 e. The van der Waals surface area contributed by atoms with Crippen molar-refractivity contribution in [3.05, 3.63) is 69.9 Å². The number of nitrogens with one attached hydrogen (secondary N) is 1. The van der Waals surface area contributed by atoms with Crippen LogP contribution in [-0.4, -0.2) is 14.3 Å². The van der Waals surface area contributed by atoms with Gasteiger partial charge in [0.05, 0.1) is 9.77 Å². The van der Waals surface area contributed by atoms with Crippen molar-refractivity contribution in [2.24, 2.45) is 5.14 Å². The number of amides is 1. The number of ether oxygens (including phenoxy) is 1. The van der Waals surface area contributed by atoms with Gasteiger partial charge >= 0.3 is 0 Å². The molecule has 0 unspecified atom stereocenters. The van der Waals surface area contributed by atoms with Gasteiger partial charge in [0.15, 0.2) is 0 Å². The number of hydrogen-bond donors (Lipinski definition) is 2. The Bertz CT molecular complexity index is 1130. The van der Waals surface area contributed by atoms with E-state index in [9.17, 15) is 13.2 Å². The fraction of sp³-hybridized carbons (Fsp3) is 0.227. The van der Waals surface area contributed by atoms with Crippen molar-refractivity contribution in [2.75, 3.05) is 5.32 Å². The highest BCUT2D eigenvalue weighted by atomic mass is 32.2. The molecular formula is C22H22N2O4S2. The first-order valence-corrected chi connectivity index (χ1v) is 12.1. The summed E-state index contributed by atoms with van der Waals surface area (Å²) < 4.78 is 28.3. The van der Waals surface area contributed by atoms with E-state index in [0.29, 0.717) is 17.2 Å². The average Bonchev–Trinajstić information content (AvgIpc) is 3.00. The maximum Gasteiger partial charge on any atom is 0.265 e. The van der Waals surface area contributed by atoms with E-state index in [-0.39, 0.29) is 10.8 Å². The molecule has 0 atom stereocenters. The van der Waals surface area contributed by atoms with Gasteiger partial charge < -0.3 is 10.1 Å². The molecule has 1 heterocycles. The van der Waals surface area contributed by atoms with Crippen LogP contribution >= 0.6 is 11.3 Å². The van der Waals surface area contributed by atoms with Crippen molar-refractivity contribution in [3.63, 3.8) is 0 Å². The van der Waals surface area contributed by atoms with E-state index in [2.05, 4.69) is 5.32 Å². The first-order valence-electron chi connectivity index (χ1n) is 9.72. The van der Waals surface area contributed by atoms with Gasteiger partial charge in [0, 0.05) is 10.6 Å². The summed E-state index contributed by atoms with van der Waals surface area (Å²) in [6.45, 7) is 0. The lowest BCUT2D eigenvalue weighted by molar-refractivity contribution is 0.103. The molecule has 1 aromatic heterocycles. The third kappa shape index (κ3) is 4.89. The molecule has 8 heteroatoms. The summed E-state index contributed by atoms with van der Waals surface area (Å²) in [6, 6.07) is 14.9. The zero-order chi connectivity index (χ0) is 21.1. The molecule has 6 nitrogen and oxygen atoms in total. The van der Waals surface area contributed by atoms with E-state index in [1.54, 1.807) is 35.6 Å². The standard InChI is InChI=1S/C22H22N2O4S2/c23-30(26,27)19-12-10-18(11-13-19)28-17-8-6-16(7-9-17)24-22(25)21-14-15-4-2-1-3-5-20(15)29-21/h6-14H,1-5H2,(H,24,25)(H2,23,26,27). The number of nitrogens with two attached hydrogens (primary N) is 1. The van der Waals surface area contributed by atoms with Crippen molar-refractivity contribution in [1.82, 2.24) is 0 Å². The van der Waals surface area contributed by atoms with Gasteiger partial charge in [-0.05, 0) is 85.8 Å². The van der Waals surface area contributed by atoms with E-state index < -0.39 is 10.0 Å². The fourth-order valence-corrected chi connectivity index (χ4v) is 5.08. The van der Waals surface area contributed by atoms with E-state index in [1.165, 1.54) is 54.0 Å². The number of rotatable bonds is 5. The highest BCUT2D eigenvalue weighted by Crippen LogP contribution is 2.30. The predicted molar refractivity (Wildman–Crippen MR) is 118 cm³/mol. The van der Waals surface area contributed by atoms with Crippen molar-refractivity contribution >= 4 is 33.0 Å². The molecule has 3 aromatic rings. The number of benzene rings is 2. The highest BCUT2D eigenvalue weighted by molar-refractivity contribution is 7.89. The van der Waals surface area contributed by atoms with Crippen molar-refractivity contribution in [3.8, 4) is 11.5 Å². The van der Waals surface area contributed by atoms with Crippen LogP contribution in [0.1, 0.15) is 39.4 Å². The number of thiophene rings is 1. The molecule has 2 aromatic carbocycles. The number of anilines is 1. The highest BCUT2D eigenvalue weighted by Gasteiger charge is 2.16. The molecule has 0 bridgehead atoms. The molecule has 30 heavy (non-hydrogen) atoms. The predicted octanol–water partition coefficient (Wildman–Crippen LogP) is 4.71. The van der Waals surface area contributed by atoms with Crippen molar-refractivity contribution < 1.29 is 17.9 Å². The number of hydrogen-bond acceptors (Lipinski definition) is 5. The normalized spacial score (nSPS) is 13.9. The van der Waals surface area contributed by atoms with Gasteiger partial charge in [-0.15, -0.1) is 11.3 Å². The Balaban J connectivity index is 1.39. The number of carbonyl (C=O) groups is 1. The molecule has 1 aliphatic carbocycles.